The summed E-state index contributed by atoms with van der Waals surface area (Å²) in [5.41, 5.74) is 0. The number of ether oxygens (including phenoxy) is 15. The molecule has 3 rings (SSSR count). The van der Waals surface area contributed by atoms with Gasteiger partial charge in [-0.2, -0.15) is 8.42 Å². The summed E-state index contributed by atoms with van der Waals surface area (Å²) in [5, 5.41) is 96.2. The molecule has 88 heavy (non-hydrogen) atoms. The molecule has 3 heterocycles. The van der Waals surface area contributed by atoms with E-state index in [-0.39, 0.29) is 98.4 Å². The maximum absolute atomic E-state index is 12.5. The summed E-state index contributed by atoms with van der Waals surface area (Å²) in [7, 11) is -4.50. The topological polar surface area (TPSA) is 375 Å². The molecule has 10 N–H and O–H groups in total. The Morgan fingerprint density at radius 2 is 0.784 bits per heavy atom. The smallest absolute Gasteiger partial charge is 0.267 e. The Morgan fingerprint density at radius 3 is 1.22 bits per heavy atom. The van der Waals surface area contributed by atoms with Crippen LogP contribution in [0.5, 0.6) is 0 Å². The Hall–Kier alpha value is -1.05. The maximum atomic E-state index is 12.5. The first-order chi connectivity index (χ1) is 42.4. The van der Waals surface area contributed by atoms with E-state index in [4.69, 9.17) is 75.6 Å². The monoisotopic (exact) mass is 1300 g/mol. The predicted molar refractivity (Wildman–Crippen MR) is 319 cm³/mol. The Morgan fingerprint density at radius 1 is 0.420 bits per heavy atom. The molecule has 0 amide bonds. The highest BCUT2D eigenvalue weighted by molar-refractivity contribution is 7.85. The molecule has 0 aromatic rings. The Labute approximate surface area is 523 Å². The standard InChI is InChI=1S/C60H116O27S/c1-6-7-8-9-10-11-12-13-14-15-16-17-18-19-20-21-26-73-35-44(65)36-75-31-33-77-38-46-54(49(67)56(79-28-23-62)52(83-46)42(2)3)86-60-58(81-30-25-64)51(69)55(48(85-60)40-78-34-32-76-37-45(66)41-88(70,71)72)87-59-57(80-29-24-63)50(68)53(82-43(4)5)47(84-59)39-74-27-22-61/h42-69H,6-41H2,1-5H3,(H,70,71,72). The summed E-state index contributed by atoms with van der Waals surface area (Å²) < 4.78 is 123. The number of hydrogen-bond acceptors (Lipinski definition) is 26. The van der Waals surface area contributed by atoms with Crippen molar-refractivity contribution in [2.75, 3.05) is 131 Å². The molecular weight excluding hydrogens is 1180 g/mol. The number of hydrogen-bond donors (Lipinski definition) is 10. The molecule has 0 radical (unpaired) electrons. The number of aliphatic hydroxyl groups excluding tert-OH is 9. The van der Waals surface area contributed by atoms with E-state index >= 15 is 0 Å². The molecule has 17 atom stereocenters. The van der Waals surface area contributed by atoms with Crippen molar-refractivity contribution in [3.63, 3.8) is 0 Å². The fraction of sp³-hybridized carbons (Fsp3) is 1.00. The van der Waals surface area contributed by atoms with E-state index in [0.717, 1.165) is 12.8 Å². The zero-order valence-corrected chi connectivity index (χ0v) is 54.1. The first-order valence-corrected chi connectivity index (χ1v) is 34.0. The molecule has 3 aliphatic rings. The molecule has 0 bridgehead atoms. The zero-order chi connectivity index (χ0) is 64.5. The third-order valence-corrected chi connectivity index (χ3v) is 15.9. The second-order valence-electron chi connectivity index (χ2n) is 23.5. The minimum atomic E-state index is -4.50. The summed E-state index contributed by atoms with van der Waals surface area (Å²) in [6.45, 7) is 5.97. The summed E-state index contributed by atoms with van der Waals surface area (Å²) in [5.74, 6) is -1.20. The van der Waals surface area contributed by atoms with Crippen LogP contribution in [0.3, 0.4) is 0 Å². The molecule has 17 unspecified atom stereocenters. The second kappa shape index (κ2) is 48.6. The van der Waals surface area contributed by atoms with Crippen molar-refractivity contribution in [1.82, 2.24) is 0 Å². The Balaban J connectivity index is 1.72. The van der Waals surface area contributed by atoms with Crippen molar-refractivity contribution < 1.29 is 130 Å². The van der Waals surface area contributed by atoms with Crippen molar-refractivity contribution in [2.45, 2.75) is 248 Å². The van der Waals surface area contributed by atoms with Gasteiger partial charge in [-0.3, -0.25) is 4.55 Å². The van der Waals surface area contributed by atoms with Gasteiger partial charge < -0.3 is 117 Å². The summed E-state index contributed by atoms with van der Waals surface area (Å²) in [6.07, 6.45) is -2.40. The van der Waals surface area contributed by atoms with E-state index in [0.29, 0.717) is 6.61 Å². The largest absolute Gasteiger partial charge is 0.394 e. The highest BCUT2D eigenvalue weighted by Gasteiger charge is 2.56. The van der Waals surface area contributed by atoms with Crippen LogP contribution in [-0.2, 0) is 81.2 Å². The quantitative estimate of drug-likeness (QED) is 0.0305. The fourth-order valence-electron chi connectivity index (χ4n) is 10.8. The molecule has 3 fully saturated rings. The van der Waals surface area contributed by atoms with E-state index in [1.165, 1.54) is 89.9 Å². The average Bonchev–Trinajstić information content (AvgIpc) is 1.29. The van der Waals surface area contributed by atoms with Crippen LogP contribution in [0.15, 0.2) is 0 Å². The zero-order valence-electron chi connectivity index (χ0n) is 53.2. The average molecular weight is 1300 g/mol. The Bertz CT molecular complexity index is 1760. The SMILES string of the molecule is CCCCCCCCCCCCCCCCCCOCC(O)COCCOCC1OC(C(C)C)C(OCCO)C(O)C1OC1OC(COCCOCC(O)CS(=O)(=O)O)C(OC2OC(COCCO)C(OC(C)C)C(O)C2OCCO)C(O)C1OCCO. The van der Waals surface area contributed by atoms with E-state index in [1.54, 1.807) is 13.8 Å². The highest BCUT2D eigenvalue weighted by Crippen LogP contribution is 2.37. The van der Waals surface area contributed by atoms with Crippen molar-refractivity contribution in [3.8, 4) is 0 Å². The van der Waals surface area contributed by atoms with E-state index in [2.05, 4.69) is 6.92 Å². The van der Waals surface area contributed by atoms with E-state index < -0.39 is 153 Å². The lowest BCUT2D eigenvalue weighted by atomic mass is 9.89. The summed E-state index contributed by atoms with van der Waals surface area (Å²) >= 11 is 0. The van der Waals surface area contributed by atoms with Gasteiger partial charge in [0.2, 0.25) is 0 Å². The van der Waals surface area contributed by atoms with Crippen molar-refractivity contribution in [1.29, 1.82) is 0 Å². The normalized spacial score (nSPS) is 28.7. The first kappa shape index (κ1) is 81.2. The lowest BCUT2D eigenvalue weighted by Gasteiger charge is -2.50. The van der Waals surface area contributed by atoms with Crippen LogP contribution in [0.4, 0.5) is 0 Å². The van der Waals surface area contributed by atoms with Crippen LogP contribution in [0.2, 0.25) is 0 Å². The van der Waals surface area contributed by atoms with Gasteiger partial charge in [0.05, 0.1) is 137 Å². The Kier molecular flexibility index (Phi) is 44.9. The third kappa shape index (κ3) is 32.9. The minimum absolute atomic E-state index is 0.00183. The van der Waals surface area contributed by atoms with Crippen LogP contribution in [0.25, 0.3) is 0 Å². The molecule has 3 aliphatic heterocycles. The van der Waals surface area contributed by atoms with Gasteiger partial charge in [0, 0.05) is 6.61 Å². The van der Waals surface area contributed by atoms with Gasteiger partial charge in [0.25, 0.3) is 10.1 Å². The van der Waals surface area contributed by atoms with Crippen LogP contribution >= 0.6 is 0 Å². The summed E-state index contributed by atoms with van der Waals surface area (Å²) in [6, 6.07) is 0. The van der Waals surface area contributed by atoms with Gasteiger partial charge >= 0.3 is 0 Å². The van der Waals surface area contributed by atoms with Crippen LogP contribution in [0, 0.1) is 5.92 Å². The number of aliphatic hydroxyl groups is 9. The van der Waals surface area contributed by atoms with Gasteiger partial charge in [-0.1, -0.05) is 117 Å². The molecule has 0 saturated carbocycles. The van der Waals surface area contributed by atoms with Crippen LogP contribution in [-0.4, -0.2) is 300 Å². The molecule has 0 aliphatic carbocycles. The minimum Gasteiger partial charge on any atom is -0.394 e. The molecule has 27 nitrogen and oxygen atoms in total. The molecule has 3 saturated heterocycles. The molecule has 28 heteroatoms. The van der Waals surface area contributed by atoms with Gasteiger partial charge in [0.15, 0.2) is 12.6 Å². The molecule has 0 aromatic heterocycles. The van der Waals surface area contributed by atoms with E-state index in [1.807, 2.05) is 13.8 Å². The van der Waals surface area contributed by atoms with Crippen molar-refractivity contribution in [2.24, 2.45) is 5.92 Å². The second-order valence-corrected chi connectivity index (χ2v) is 25.0. The third-order valence-electron chi connectivity index (χ3n) is 15.1. The first-order valence-electron chi connectivity index (χ1n) is 32.4. The predicted octanol–water partition coefficient (Wildman–Crippen LogP) is 1.60. The highest BCUT2D eigenvalue weighted by atomic mass is 32.2. The lowest BCUT2D eigenvalue weighted by molar-refractivity contribution is -0.383. The molecule has 0 spiro atoms. The number of rotatable bonds is 55. The lowest BCUT2D eigenvalue weighted by Crippen LogP contribution is -2.68. The van der Waals surface area contributed by atoms with Gasteiger partial charge in [0.1, 0.15) is 85.1 Å². The van der Waals surface area contributed by atoms with E-state index in [9.17, 15) is 54.4 Å². The molecule has 524 valence electrons. The summed E-state index contributed by atoms with van der Waals surface area (Å²) in [4.78, 5) is 0. The van der Waals surface area contributed by atoms with Gasteiger partial charge in [-0.25, -0.2) is 0 Å². The van der Waals surface area contributed by atoms with Crippen molar-refractivity contribution >= 4 is 10.1 Å². The van der Waals surface area contributed by atoms with Crippen LogP contribution < -0.4 is 0 Å². The maximum Gasteiger partial charge on any atom is 0.267 e. The molecular formula is C60H116O27S. The van der Waals surface area contributed by atoms with Gasteiger partial charge in [-0.05, 0) is 26.2 Å². The molecule has 0 aromatic carbocycles. The van der Waals surface area contributed by atoms with Crippen molar-refractivity contribution in [3.05, 3.63) is 0 Å². The fourth-order valence-corrected chi connectivity index (χ4v) is 11.4. The van der Waals surface area contributed by atoms with Crippen LogP contribution in [0.1, 0.15) is 137 Å². The number of unbranched alkanes of at least 4 members (excludes halogenated alkanes) is 15. The van der Waals surface area contributed by atoms with Gasteiger partial charge in [-0.15, -0.1) is 0 Å².